The second-order valence-corrected chi connectivity index (χ2v) is 8.57. The van der Waals surface area contributed by atoms with E-state index in [0.717, 1.165) is 0 Å². The number of carbonyl (C=O) groups excluding carboxylic acids is 2. The Hall–Kier alpha value is -3.19. The van der Waals surface area contributed by atoms with Crippen LogP contribution in [0, 0.1) is 0 Å². The number of hydrogen-bond donors (Lipinski definition) is 1. The first-order valence-corrected chi connectivity index (χ1v) is 11.1. The summed E-state index contributed by atoms with van der Waals surface area (Å²) >= 11 is 18.8. The van der Waals surface area contributed by atoms with E-state index < -0.39 is 23.5 Å². The topological polar surface area (TPSA) is 76.1 Å². The van der Waals surface area contributed by atoms with Crippen molar-refractivity contribution in [2.45, 2.75) is 6.04 Å². The van der Waals surface area contributed by atoms with Crippen molar-refractivity contribution in [1.29, 1.82) is 0 Å². The molecule has 0 saturated carbocycles. The maximum absolute atomic E-state index is 13.3. The van der Waals surface area contributed by atoms with Crippen LogP contribution >= 0.6 is 34.8 Å². The molecule has 1 unspecified atom stereocenters. The van der Waals surface area contributed by atoms with Crippen LogP contribution in [0.4, 0.5) is 5.69 Å². The van der Waals surface area contributed by atoms with E-state index in [4.69, 9.17) is 44.3 Å². The molecule has 0 spiro atoms. The van der Waals surface area contributed by atoms with Crippen LogP contribution in [0.15, 0.2) is 66.2 Å². The van der Waals surface area contributed by atoms with Crippen molar-refractivity contribution in [2.24, 2.45) is 0 Å². The minimum Gasteiger partial charge on any atom is -0.507 e. The van der Waals surface area contributed by atoms with Crippen molar-refractivity contribution in [3.05, 3.63) is 92.4 Å². The number of aliphatic hydroxyl groups excluding tert-OH is 1. The van der Waals surface area contributed by atoms with Crippen LogP contribution < -0.4 is 14.4 Å². The normalized spacial score (nSPS) is 17.2. The second-order valence-electron chi connectivity index (χ2n) is 7.35. The number of aliphatic hydroxyl groups is 1. The predicted octanol–water partition coefficient (Wildman–Crippen LogP) is 6.29. The molecule has 0 aliphatic carbocycles. The molecule has 9 heteroatoms. The van der Waals surface area contributed by atoms with Crippen molar-refractivity contribution < 1.29 is 24.2 Å². The van der Waals surface area contributed by atoms with Gasteiger partial charge < -0.3 is 14.6 Å². The van der Waals surface area contributed by atoms with Crippen LogP contribution in [-0.2, 0) is 9.59 Å². The Bertz CT molecular complexity index is 1320. The predicted molar refractivity (Wildman–Crippen MR) is 132 cm³/mol. The van der Waals surface area contributed by atoms with Crippen molar-refractivity contribution in [3.8, 4) is 11.5 Å². The molecule has 0 radical (unpaired) electrons. The highest BCUT2D eigenvalue weighted by atomic mass is 35.5. The first-order valence-electron chi connectivity index (χ1n) is 10.0. The van der Waals surface area contributed by atoms with Gasteiger partial charge >= 0.3 is 0 Å². The molecule has 1 amide bonds. The Morgan fingerprint density at radius 1 is 0.912 bits per heavy atom. The molecule has 1 aliphatic heterocycles. The molecule has 1 atom stereocenters. The zero-order chi connectivity index (χ0) is 24.6. The number of carbonyl (C=O) groups is 2. The molecule has 3 aromatic rings. The first kappa shape index (κ1) is 24.0. The summed E-state index contributed by atoms with van der Waals surface area (Å²) in [5.41, 5.74) is 0.906. The summed E-state index contributed by atoms with van der Waals surface area (Å²) in [6, 6.07) is 15.9. The first-order chi connectivity index (χ1) is 16.3. The van der Waals surface area contributed by atoms with Gasteiger partial charge in [0.1, 0.15) is 10.8 Å². The molecule has 1 heterocycles. The van der Waals surface area contributed by atoms with Gasteiger partial charge in [0.2, 0.25) is 0 Å². The number of halogens is 3. The zero-order valence-electron chi connectivity index (χ0n) is 18.0. The molecule has 4 rings (SSSR count). The van der Waals surface area contributed by atoms with Crippen molar-refractivity contribution >= 4 is 57.9 Å². The molecule has 1 fully saturated rings. The van der Waals surface area contributed by atoms with E-state index in [0.29, 0.717) is 16.3 Å². The SMILES string of the molecule is COc1c(Cl)cc(/C(O)=C2\C(=O)C(=O)N(c3cccc(Cl)c3)C2c2ccccc2)c(OC)c1Cl. The summed E-state index contributed by atoms with van der Waals surface area (Å²) < 4.78 is 10.6. The third kappa shape index (κ3) is 3.98. The van der Waals surface area contributed by atoms with E-state index in [-0.39, 0.29) is 32.7 Å². The monoisotopic (exact) mass is 517 g/mol. The standard InChI is InChI=1S/C25H18Cl3NO5/c1-33-23-16(12-17(27)24(34-2)19(23)28)21(30)18-20(13-7-4-3-5-8-13)29(25(32)22(18)31)15-10-6-9-14(26)11-15/h3-12,20,30H,1-2H3/b21-18+. The van der Waals surface area contributed by atoms with Gasteiger partial charge in [0, 0.05) is 10.7 Å². The number of Topliss-reactive ketones (excluding diaryl/α,β-unsaturated/α-hetero) is 1. The lowest BCUT2D eigenvalue weighted by molar-refractivity contribution is -0.132. The number of ketones is 1. The number of methoxy groups -OCH3 is 2. The minimum atomic E-state index is -0.941. The molecule has 0 bridgehead atoms. The Kier molecular flexibility index (Phi) is 6.75. The van der Waals surface area contributed by atoms with Crippen LogP contribution in [0.2, 0.25) is 15.1 Å². The van der Waals surface area contributed by atoms with Gasteiger partial charge in [-0.1, -0.05) is 71.2 Å². The number of hydrogen-bond acceptors (Lipinski definition) is 5. The third-order valence-corrected chi connectivity index (χ3v) is 6.30. The minimum absolute atomic E-state index is 0.0133. The van der Waals surface area contributed by atoms with Crippen LogP contribution in [0.1, 0.15) is 17.2 Å². The van der Waals surface area contributed by atoms with Crippen LogP contribution in [0.25, 0.3) is 5.76 Å². The number of ether oxygens (including phenoxy) is 2. The van der Waals surface area contributed by atoms with Gasteiger partial charge in [0.05, 0.1) is 36.4 Å². The van der Waals surface area contributed by atoms with Gasteiger partial charge in [-0.2, -0.15) is 0 Å². The lowest BCUT2D eigenvalue weighted by Crippen LogP contribution is -2.29. The molecule has 1 saturated heterocycles. The molecule has 0 aromatic heterocycles. The highest BCUT2D eigenvalue weighted by molar-refractivity contribution is 6.52. The lowest BCUT2D eigenvalue weighted by atomic mass is 9.94. The van der Waals surface area contributed by atoms with E-state index in [1.807, 2.05) is 0 Å². The molecular weight excluding hydrogens is 501 g/mol. The Balaban J connectivity index is 2.01. The van der Waals surface area contributed by atoms with E-state index >= 15 is 0 Å². The molecule has 3 aromatic carbocycles. The second kappa shape index (κ2) is 9.58. The molecular formula is C25H18Cl3NO5. The van der Waals surface area contributed by atoms with E-state index in [1.54, 1.807) is 54.6 Å². The van der Waals surface area contributed by atoms with E-state index in [9.17, 15) is 14.7 Å². The number of anilines is 1. The molecule has 1 aliphatic rings. The average Bonchev–Trinajstić information content (AvgIpc) is 3.09. The maximum Gasteiger partial charge on any atom is 0.300 e. The molecule has 174 valence electrons. The van der Waals surface area contributed by atoms with E-state index in [1.165, 1.54) is 25.2 Å². The average molecular weight is 519 g/mol. The van der Waals surface area contributed by atoms with E-state index in [2.05, 4.69) is 0 Å². The Morgan fingerprint density at radius 2 is 1.59 bits per heavy atom. The largest absolute Gasteiger partial charge is 0.507 e. The quantitative estimate of drug-likeness (QED) is 0.244. The summed E-state index contributed by atoms with van der Waals surface area (Å²) in [7, 11) is 2.74. The fourth-order valence-electron chi connectivity index (χ4n) is 3.97. The molecule has 34 heavy (non-hydrogen) atoms. The Labute approximate surface area is 210 Å². The van der Waals surface area contributed by atoms with Crippen LogP contribution in [0.5, 0.6) is 11.5 Å². The zero-order valence-corrected chi connectivity index (χ0v) is 20.3. The maximum atomic E-state index is 13.3. The summed E-state index contributed by atoms with van der Waals surface area (Å²) in [6.07, 6.45) is 0. The van der Waals surface area contributed by atoms with Gasteiger partial charge in [-0.25, -0.2) is 0 Å². The third-order valence-electron chi connectivity index (χ3n) is 5.44. The summed E-state index contributed by atoms with van der Waals surface area (Å²) in [6.45, 7) is 0. The Morgan fingerprint density at radius 3 is 2.21 bits per heavy atom. The number of amides is 1. The highest BCUT2D eigenvalue weighted by Gasteiger charge is 2.47. The molecule has 1 N–H and O–H groups in total. The van der Waals surface area contributed by atoms with Crippen molar-refractivity contribution in [2.75, 3.05) is 19.1 Å². The van der Waals surface area contributed by atoms with Crippen LogP contribution in [-0.4, -0.2) is 31.0 Å². The lowest BCUT2D eigenvalue weighted by Gasteiger charge is -2.25. The van der Waals surface area contributed by atoms with Gasteiger partial charge in [-0.05, 0) is 29.8 Å². The summed E-state index contributed by atoms with van der Waals surface area (Å²) in [4.78, 5) is 27.8. The summed E-state index contributed by atoms with van der Waals surface area (Å²) in [5, 5.41) is 11.9. The number of nitrogens with zero attached hydrogens (tertiary/aromatic N) is 1. The number of benzene rings is 3. The van der Waals surface area contributed by atoms with Gasteiger partial charge in [-0.3, -0.25) is 14.5 Å². The highest BCUT2D eigenvalue weighted by Crippen LogP contribution is 2.48. The van der Waals surface area contributed by atoms with Gasteiger partial charge in [0.15, 0.2) is 11.5 Å². The van der Waals surface area contributed by atoms with Gasteiger partial charge in [0.25, 0.3) is 11.7 Å². The van der Waals surface area contributed by atoms with Gasteiger partial charge in [-0.15, -0.1) is 0 Å². The fourth-order valence-corrected chi connectivity index (χ4v) is 4.84. The molecule has 6 nitrogen and oxygen atoms in total. The van der Waals surface area contributed by atoms with Crippen molar-refractivity contribution in [1.82, 2.24) is 0 Å². The van der Waals surface area contributed by atoms with Crippen molar-refractivity contribution in [3.63, 3.8) is 0 Å². The fraction of sp³-hybridized carbons (Fsp3) is 0.120. The van der Waals surface area contributed by atoms with Crippen LogP contribution in [0.3, 0.4) is 0 Å². The summed E-state index contributed by atoms with van der Waals surface area (Å²) in [5.74, 6) is -1.99. The smallest absolute Gasteiger partial charge is 0.300 e. The number of rotatable bonds is 5.